The van der Waals surface area contributed by atoms with Crippen molar-refractivity contribution in [3.63, 3.8) is 0 Å². The maximum Gasteiger partial charge on any atom is 0.207 e. The first-order chi connectivity index (χ1) is 5.11. The van der Waals surface area contributed by atoms with Crippen molar-refractivity contribution in [1.82, 2.24) is 0 Å². The summed E-state index contributed by atoms with van der Waals surface area (Å²) in [4.78, 5) is 10.5. The van der Waals surface area contributed by atoms with E-state index in [4.69, 9.17) is 21.7 Å². The number of carbonyl (C=O) groups excluding carboxylic acids is 1. The summed E-state index contributed by atoms with van der Waals surface area (Å²) in [5, 5.41) is 26.0. The molecule has 0 aromatic rings. The van der Waals surface area contributed by atoms with Crippen LogP contribution in [0.4, 0.5) is 0 Å². The molecule has 0 saturated carbocycles. The van der Waals surface area contributed by atoms with Crippen LogP contribution >= 0.6 is 0 Å². The van der Waals surface area contributed by atoms with Crippen LogP contribution in [0, 0.1) is 12.3 Å². The Bertz CT molecular complexity index is 170. The van der Waals surface area contributed by atoms with Gasteiger partial charge in [-0.05, 0) is 5.92 Å². The van der Waals surface area contributed by atoms with Crippen molar-refractivity contribution in [2.24, 2.45) is 0 Å². The molecule has 0 heterocycles. The highest BCUT2D eigenvalue weighted by atomic mass is 16.4. The molecule has 4 heteroatoms. The summed E-state index contributed by atoms with van der Waals surface area (Å²) in [6, 6.07) is 0. The van der Waals surface area contributed by atoms with E-state index in [-0.39, 0.29) is 6.42 Å². The van der Waals surface area contributed by atoms with Crippen LogP contribution in [0.25, 0.3) is 0 Å². The predicted octanol–water partition coefficient (Wildman–Crippen LogP) is -1.71. The van der Waals surface area contributed by atoms with Gasteiger partial charge in [0.05, 0.1) is 12.7 Å². The number of terminal acetylenes is 1. The molecule has 0 saturated heterocycles. The SMILES string of the molecule is C#CC(=O)C[C@H](O)[C@H](O)CO. The number of carbonyl (C=O) groups is 1. The Kier molecular flexibility index (Phi) is 4.46. The molecule has 0 aliphatic rings. The predicted molar refractivity (Wildman–Crippen MR) is 37.6 cm³/mol. The van der Waals surface area contributed by atoms with Gasteiger partial charge in [0.2, 0.25) is 5.78 Å². The number of Topliss-reactive ketones (excluding diaryl/α,β-unsaturated/α-hetero) is 1. The summed E-state index contributed by atoms with van der Waals surface area (Å²) in [5.74, 6) is 1.19. The zero-order valence-corrected chi connectivity index (χ0v) is 5.90. The van der Waals surface area contributed by atoms with Gasteiger partial charge < -0.3 is 15.3 Å². The second-order valence-corrected chi connectivity index (χ2v) is 2.09. The summed E-state index contributed by atoms with van der Waals surface area (Å²) in [6.07, 6.45) is 1.81. The molecule has 0 aromatic carbocycles. The van der Waals surface area contributed by atoms with Crippen LogP contribution in [-0.4, -0.2) is 39.9 Å². The summed E-state index contributed by atoms with van der Waals surface area (Å²) in [6.45, 7) is -0.584. The van der Waals surface area contributed by atoms with Crippen molar-refractivity contribution in [2.75, 3.05) is 6.61 Å². The summed E-state index contributed by atoms with van der Waals surface area (Å²) in [5.41, 5.74) is 0. The molecule has 0 aliphatic heterocycles. The molecule has 0 bridgehead atoms. The van der Waals surface area contributed by atoms with Crippen LogP contribution in [-0.2, 0) is 4.79 Å². The Morgan fingerprint density at radius 1 is 1.45 bits per heavy atom. The number of ketones is 1. The normalized spacial score (nSPS) is 15.1. The van der Waals surface area contributed by atoms with Crippen LogP contribution in [0.5, 0.6) is 0 Å². The highest BCUT2D eigenvalue weighted by molar-refractivity contribution is 5.95. The van der Waals surface area contributed by atoms with Crippen LogP contribution in [0.15, 0.2) is 0 Å². The fraction of sp³-hybridized carbons (Fsp3) is 0.571. The van der Waals surface area contributed by atoms with Gasteiger partial charge in [0.15, 0.2) is 0 Å². The topological polar surface area (TPSA) is 77.8 Å². The molecule has 3 N–H and O–H groups in total. The molecule has 0 radical (unpaired) electrons. The fourth-order valence-corrected chi connectivity index (χ4v) is 0.507. The molecule has 2 atom stereocenters. The number of hydrogen-bond donors (Lipinski definition) is 3. The Labute approximate surface area is 64.5 Å². The maximum absolute atomic E-state index is 10.5. The standard InChI is InChI=1S/C7H10O4/c1-2-5(9)3-6(10)7(11)4-8/h1,6-8,10-11H,3-4H2/t6-,7+/m0/s1. The monoisotopic (exact) mass is 158 g/mol. The largest absolute Gasteiger partial charge is 0.394 e. The van der Waals surface area contributed by atoms with Crippen LogP contribution in [0.3, 0.4) is 0 Å². The van der Waals surface area contributed by atoms with Gasteiger partial charge in [-0.3, -0.25) is 4.79 Å². The van der Waals surface area contributed by atoms with Crippen LogP contribution in [0.1, 0.15) is 6.42 Å². The average molecular weight is 158 g/mol. The van der Waals surface area contributed by atoms with E-state index in [9.17, 15) is 4.79 Å². The summed E-state index contributed by atoms with van der Waals surface area (Å²) < 4.78 is 0. The van der Waals surface area contributed by atoms with Gasteiger partial charge in [0.1, 0.15) is 6.10 Å². The minimum Gasteiger partial charge on any atom is -0.394 e. The van der Waals surface area contributed by atoms with Gasteiger partial charge in [-0.2, -0.15) is 0 Å². The molecule has 0 spiro atoms. The van der Waals surface area contributed by atoms with Crippen molar-refractivity contribution >= 4 is 5.78 Å². The average Bonchev–Trinajstić information content (AvgIpc) is 2.02. The Hall–Kier alpha value is -0.890. The van der Waals surface area contributed by atoms with Crippen LogP contribution < -0.4 is 0 Å². The van der Waals surface area contributed by atoms with Gasteiger partial charge in [-0.15, -0.1) is 6.42 Å². The summed E-state index contributed by atoms with van der Waals surface area (Å²) >= 11 is 0. The molecular weight excluding hydrogens is 148 g/mol. The molecule has 0 amide bonds. The lowest BCUT2D eigenvalue weighted by atomic mass is 10.1. The van der Waals surface area contributed by atoms with Gasteiger partial charge in [0.25, 0.3) is 0 Å². The van der Waals surface area contributed by atoms with Crippen molar-refractivity contribution in [1.29, 1.82) is 0 Å². The Balaban J connectivity index is 3.79. The second kappa shape index (κ2) is 4.85. The number of aliphatic hydroxyl groups excluding tert-OH is 3. The molecule has 0 rings (SSSR count). The van der Waals surface area contributed by atoms with E-state index >= 15 is 0 Å². The molecule has 0 aliphatic carbocycles. The molecule has 0 aromatic heterocycles. The molecule has 0 fully saturated rings. The van der Waals surface area contributed by atoms with E-state index in [1.165, 1.54) is 0 Å². The van der Waals surface area contributed by atoms with Crippen molar-refractivity contribution in [3.05, 3.63) is 0 Å². The highest BCUT2D eigenvalue weighted by Crippen LogP contribution is 1.98. The van der Waals surface area contributed by atoms with Gasteiger partial charge in [-0.1, -0.05) is 0 Å². The first-order valence-electron chi connectivity index (χ1n) is 3.08. The first kappa shape index (κ1) is 10.1. The third kappa shape index (κ3) is 3.73. The molecule has 0 unspecified atom stereocenters. The lowest BCUT2D eigenvalue weighted by Gasteiger charge is -2.12. The van der Waals surface area contributed by atoms with E-state index < -0.39 is 24.6 Å². The minimum absolute atomic E-state index is 0.321. The lowest BCUT2D eigenvalue weighted by Crippen LogP contribution is -2.31. The maximum atomic E-state index is 10.5. The molecule has 62 valence electrons. The van der Waals surface area contributed by atoms with Gasteiger partial charge in [0, 0.05) is 6.42 Å². The Morgan fingerprint density at radius 2 is 2.00 bits per heavy atom. The second-order valence-electron chi connectivity index (χ2n) is 2.09. The zero-order valence-electron chi connectivity index (χ0n) is 5.90. The van der Waals surface area contributed by atoms with E-state index in [1.807, 2.05) is 0 Å². The van der Waals surface area contributed by atoms with E-state index in [1.54, 1.807) is 5.92 Å². The molecular formula is C7H10O4. The van der Waals surface area contributed by atoms with Crippen LogP contribution in [0.2, 0.25) is 0 Å². The van der Waals surface area contributed by atoms with E-state index in [0.717, 1.165) is 0 Å². The van der Waals surface area contributed by atoms with Gasteiger partial charge >= 0.3 is 0 Å². The van der Waals surface area contributed by atoms with Gasteiger partial charge in [-0.25, -0.2) is 0 Å². The van der Waals surface area contributed by atoms with E-state index in [0.29, 0.717) is 0 Å². The number of rotatable bonds is 4. The highest BCUT2D eigenvalue weighted by Gasteiger charge is 2.17. The third-order valence-electron chi connectivity index (χ3n) is 1.19. The Morgan fingerprint density at radius 3 is 2.36 bits per heavy atom. The van der Waals surface area contributed by atoms with Crippen molar-refractivity contribution in [3.8, 4) is 12.3 Å². The van der Waals surface area contributed by atoms with E-state index in [2.05, 4.69) is 0 Å². The first-order valence-corrected chi connectivity index (χ1v) is 3.08. The zero-order chi connectivity index (χ0) is 8.85. The summed E-state index contributed by atoms with van der Waals surface area (Å²) in [7, 11) is 0. The van der Waals surface area contributed by atoms with Crippen molar-refractivity contribution < 1.29 is 20.1 Å². The quantitative estimate of drug-likeness (QED) is 0.336. The molecule has 4 nitrogen and oxygen atoms in total. The molecule has 11 heavy (non-hydrogen) atoms. The smallest absolute Gasteiger partial charge is 0.207 e. The number of hydrogen-bond acceptors (Lipinski definition) is 4. The lowest BCUT2D eigenvalue weighted by molar-refractivity contribution is -0.118. The fourth-order valence-electron chi connectivity index (χ4n) is 0.507. The minimum atomic E-state index is -1.30. The number of aliphatic hydroxyl groups is 3. The van der Waals surface area contributed by atoms with Crippen molar-refractivity contribution in [2.45, 2.75) is 18.6 Å². The third-order valence-corrected chi connectivity index (χ3v) is 1.19.